The third-order valence-electron chi connectivity index (χ3n) is 7.63. The van der Waals surface area contributed by atoms with E-state index in [2.05, 4.69) is 21.5 Å². The van der Waals surface area contributed by atoms with E-state index in [9.17, 15) is 27.7 Å². The number of fused-ring (bicyclic) bond motifs is 1. The summed E-state index contributed by atoms with van der Waals surface area (Å²) >= 11 is 6.25. The molecular formula is C30H25ClF3N7O4S. The highest BCUT2D eigenvalue weighted by atomic mass is 35.5. The summed E-state index contributed by atoms with van der Waals surface area (Å²) in [6.45, 7) is 5.93. The highest BCUT2D eigenvalue weighted by Crippen LogP contribution is 2.36. The van der Waals surface area contributed by atoms with Crippen LogP contribution >= 0.6 is 11.6 Å². The maximum absolute atomic E-state index is 16.0. The molecule has 1 amide bonds. The highest BCUT2D eigenvalue weighted by Gasteiger charge is 2.37. The van der Waals surface area contributed by atoms with Crippen molar-refractivity contribution < 1.29 is 26.4 Å². The Bertz CT molecular complexity index is 2130. The molecule has 0 radical (unpaired) electrons. The smallest absolute Gasteiger partial charge is 0.349 e. The summed E-state index contributed by atoms with van der Waals surface area (Å²) in [5.74, 6) is -4.27. The van der Waals surface area contributed by atoms with Gasteiger partial charge in [-0.15, -0.1) is 0 Å². The van der Waals surface area contributed by atoms with Gasteiger partial charge in [-0.05, 0) is 38.1 Å². The quantitative estimate of drug-likeness (QED) is 0.275. The van der Waals surface area contributed by atoms with Gasteiger partial charge in [-0.3, -0.25) is 9.78 Å². The Hall–Kier alpha value is -4.81. The fourth-order valence-corrected chi connectivity index (χ4v) is 6.70. The number of rotatable bonds is 6. The molecule has 4 heterocycles. The molecule has 1 aromatic carbocycles. The molecule has 4 aromatic rings. The van der Waals surface area contributed by atoms with Gasteiger partial charge in [0.2, 0.25) is 0 Å². The first-order chi connectivity index (χ1) is 21.6. The molecule has 46 heavy (non-hydrogen) atoms. The Labute approximate surface area is 266 Å². The van der Waals surface area contributed by atoms with E-state index in [0.29, 0.717) is 0 Å². The van der Waals surface area contributed by atoms with E-state index in [-0.39, 0.29) is 57.7 Å². The third kappa shape index (κ3) is 5.69. The van der Waals surface area contributed by atoms with E-state index in [1.807, 2.05) is 6.07 Å². The first-order valence-electron chi connectivity index (χ1n) is 13.7. The van der Waals surface area contributed by atoms with E-state index in [1.54, 1.807) is 11.8 Å². The van der Waals surface area contributed by atoms with Gasteiger partial charge in [-0.1, -0.05) is 24.2 Å². The average molecular weight is 672 g/mol. The van der Waals surface area contributed by atoms with E-state index >= 15 is 8.78 Å². The lowest BCUT2D eigenvalue weighted by Gasteiger charge is -2.45. The highest BCUT2D eigenvalue weighted by molar-refractivity contribution is 7.90. The monoisotopic (exact) mass is 671 g/mol. The number of benzene rings is 1. The number of carbonyl (C=O) groups excluding carboxylic acids is 1. The van der Waals surface area contributed by atoms with Crippen molar-refractivity contribution in [1.29, 1.82) is 5.26 Å². The summed E-state index contributed by atoms with van der Waals surface area (Å²) in [5.41, 5.74) is -2.39. The number of hydrogen-bond donors (Lipinski definition) is 0. The number of pyridine rings is 2. The minimum atomic E-state index is -3.97. The van der Waals surface area contributed by atoms with E-state index in [4.69, 9.17) is 11.6 Å². The molecule has 1 aliphatic rings. The summed E-state index contributed by atoms with van der Waals surface area (Å²) in [7, 11) is -3.97. The SMILES string of the molecule is C=C(F)C(=O)N1C[C@H](C)N(c2nc(=O)n(-c3c(S(C)(=O)=O)ccnc3C)c3nc(-c4c(F)cccc4Cl)c(F)cc23)CC1CC#N. The summed E-state index contributed by atoms with van der Waals surface area (Å²) in [4.78, 5) is 41.7. The van der Waals surface area contributed by atoms with Crippen LogP contribution in [0, 0.1) is 29.9 Å². The number of hydrogen-bond acceptors (Lipinski definition) is 9. The molecule has 0 aliphatic carbocycles. The second-order valence-corrected chi connectivity index (χ2v) is 13.1. The van der Waals surface area contributed by atoms with Crippen LogP contribution in [0.5, 0.6) is 0 Å². The number of piperazine rings is 1. The van der Waals surface area contributed by atoms with Crippen LogP contribution in [0.2, 0.25) is 5.02 Å². The Morgan fingerprint density at radius 1 is 1.20 bits per heavy atom. The lowest BCUT2D eigenvalue weighted by molar-refractivity contribution is -0.131. The number of carbonyl (C=O) groups is 1. The van der Waals surface area contributed by atoms with Gasteiger partial charge in [0.1, 0.15) is 17.3 Å². The number of sulfone groups is 1. The topological polar surface area (TPSA) is 142 Å². The fraction of sp³-hybridized carbons (Fsp3) is 0.267. The summed E-state index contributed by atoms with van der Waals surface area (Å²) in [6.07, 6.45) is 1.96. The molecule has 0 bridgehead atoms. The van der Waals surface area contributed by atoms with Gasteiger partial charge < -0.3 is 9.80 Å². The zero-order valence-electron chi connectivity index (χ0n) is 24.6. The average Bonchev–Trinajstić information content (AvgIpc) is 2.97. The van der Waals surface area contributed by atoms with Crippen molar-refractivity contribution in [3.05, 3.63) is 81.8 Å². The molecule has 0 saturated carbocycles. The second-order valence-electron chi connectivity index (χ2n) is 10.7. The summed E-state index contributed by atoms with van der Waals surface area (Å²) in [5, 5.41) is 9.18. The minimum absolute atomic E-state index is 0.0896. The largest absolute Gasteiger partial charge is 0.355 e. The Kier molecular flexibility index (Phi) is 8.63. The number of anilines is 1. The number of aryl methyl sites for hydroxylation is 1. The predicted octanol–water partition coefficient (Wildman–Crippen LogP) is 4.29. The van der Waals surface area contributed by atoms with Crippen LogP contribution in [0.1, 0.15) is 19.0 Å². The van der Waals surface area contributed by atoms with Crippen molar-refractivity contribution in [1.82, 2.24) is 24.4 Å². The van der Waals surface area contributed by atoms with Gasteiger partial charge in [0.25, 0.3) is 5.91 Å². The van der Waals surface area contributed by atoms with E-state index < -0.39 is 62.2 Å². The molecule has 1 aliphatic heterocycles. The summed E-state index contributed by atoms with van der Waals surface area (Å²) in [6, 6.07) is 6.28. The molecule has 11 nitrogen and oxygen atoms in total. The number of nitriles is 1. The molecule has 0 N–H and O–H groups in total. The molecule has 3 aromatic heterocycles. The van der Waals surface area contributed by atoms with Crippen molar-refractivity contribution in [3.8, 4) is 23.0 Å². The second kappa shape index (κ2) is 12.2. The van der Waals surface area contributed by atoms with Crippen LogP contribution in [0.3, 0.4) is 0 Å². The van der Waals surface area contributed by atoms with Crippen LogP contribution in [0.15, 0.2) is 58.6 Å². The molecule has 1 unspecified atom stereocenters. The Balaban J connectivity index is 1.86. The molecule has 1 fully saturated rings. The number of amides is 1. The van der Waals surface area contributed by atoms with Gasteiger partial charge in [-0.25, -0.2) is 35.9 Å². The molecule has 5 rings (SSSR count). The summed E-state index contributed by atoms with van der Waals surface area (Å²) < 4.78 is 71.4. The van der Waals surface area contributed by atoms with E-state index in [1.165, 1.54) is 31.3 Å². The maximum Gasteiger partial charge on any atom is 0.355 e. The molecule has 238 valence electrons. The van der Waals surface area contributed by atoms with Gasteiger partial charge >= 0.3 is 5.69 Å². The van der Waals surface area contributed by atoms with Crippen LogP contribution in [-0.2, 0) is 14.6 Å². The van der Waals surface area contributed by atoms with Gasteiger partial charge in [-0.2, -0.15) is 10.2 Å². The van der Waals surface area contributed by atoms with Crippen molar-refractivity contribution in [2.24, 2.45) is 0 Å². The minimum Gasteiger partial charge on any atom is -0.349 e. The predicted molar refractivity (Wildman–Crippen MR) is 164 cm³/mol. The molecule has 0 spiro atoms. The van der Waals surface area contributed by atoms with E-state index in [0.717, 1.165) is 27.9 Å². The maximum atomic E-state index is 16.0. The Morgan fingerprint density at radius 2 is 1.91 bits per heavy atom. The molecular weight excluding hydrogens is 647 g/mol. The third-order valence-corrected chi connectivity index (χ3v) is 9.07. The molecule has 1 saturated heterocycles. The van der Waals surface area contributed by atoms with Gasteiger partial charge in [0, 0.05) is 31.6 Å². The first kappa shape index (κ1) is 32.6. The zero-order valence-corrected chi connectivity index (χ0v) is 26.2. The zero-order chi connectivity index (χ0) is 33.7. The van der Waals surface area contributed by atoms with Crippen molar-refractivity contribution in [2.75, 3.05) is 24.2 Å². The van der Waals surface area contributed by atoms with Crippen LogP contribution in [0.25, 0.3) is 28.0 Å². The van der Waals surface area contributed by atoms with Crippen molar-refractivity contribution in [3.63, 3.8) is 0 Å². The lowest BCUT2D eigenvalue weighted by Crippen LogP contribution is -2.59. The first-order valence-corrected chi connectivity index (χ1v) is 15.9. The fourth-order valence-electron chi connectivity index (χ4n) is 5.55. The normalized spacial score (nSPS) is 16.8. The lowest BCUT2D eigenvalue weighted by atomic mass is 10.0. The van der Waals surface area contributed by atoms with Gasteiger partial charge in [0.15, 0.2) is 27.1 Å². The van der Waals surface area contributed by atoms with Crippen LogP contribution < -0.4 is 10.6 Å². The van der Waals surface area contributed by atoms with Crippen molar-refractivity contribution >= 4 is 44.2 Å². The number of aromatic nitrogens is 4. The van der Waals surface area contributed by atoms with Crippen LogP contribution in [-0.4, -0.2) is 70.2 Å². The Morgan fingerprint density at radius 3 is 2.54 bits per heavy atom. The molecule has 16 heteroatoms. The van der Waals surface area contributed by atoms with Gasteiger partial charge in [0.05, 0.1) is 50.8 Å². The number of halogens is 4. The molecule has 2 atom stereocenters. The number of nitrogens with zero attached hydrogens (tertiary/aromatic N) is 7. The van der Waals surface area contributed by atoms with Crippen LogP contribution in [0.4, 0.5) is 19.0 Å². The van der Waals surface area contributed by atoms with Crippen molar-refractivity contribution in [2.45, 2.75) is 37.2 Å². The standard InChI is InChI=1S/C30H25ClF3N7O4S/c1-15-13-40(29(42)16(2)32)18(8-10-35)14-39(15)27-19-12-22(34)25(24-20(31)6-5-7-21(24)33)37-28(19)41(30(43)38-27)26-17(3)36-11-9-23(26)46(4,44)45/h5-7,9,11-12,15,18H,2,8,13-14H2,1,3-4H3/t15-,18?/m0/s1.